The molecule has 0 unspecified atom stereocenters. The zero-order valence-electron chi connectivity index (χ0n) is 18.0. The van der Waals surface area contributed by atoms with Gasteiger partial charge in [-0.3, -0.25) is 14.5 Å². The van der Waals surface area contributed by atoms with E-state index in [4.69, 9.17) is 9.72 Å². The van der Waals surface area contributed by atoms with E-state index in [1.807, 2.05) is 60.7 Å². The number of thiazole rings is 1. The van der Waals surface area contributed by atoms with Crippen molar-refractivity contribution in [3.63, 3.8) is 0 Å². The summed E-state index contributed by atoms with van der Waals surface area (Å²) in [7, 11) is 0. The average Bonchev–Trinajstić information content (AvgIpc) is 3.26. The Bertz CT molecular complexity index is 1010. The Morgan fingerprint density at radius 1 is 1.00 bits per heavy atom. The first-order chi connectivity index (χ1) is 15.7. The van der Waals surface area contributed by atoms with Gasteiger partial charge in [-0.1, -0.05) is 48.5 Å². The van der Waals surface area contributed by atoms with Crippen molar-refractivity contribution in [1.29, 1.82) is 0 Å². The van der Waals surface area contributed by atoms with Crippen LogP contribution >= 0.6 is 11.3 Å². The summed E-state index contributed by atoms with van der Waals surface area (Å²) in [4.78, 5) is 32.9. The van der Waals surface area contributed by atoms with Crippen LogP contribution in [0.1, 0.15) is 35.4 Å². The molecule has 3 aromatic rings. The second-order valence-corrected chi connectivity index (χ2v) is 8.80. The maximum atomic E-state index is 13.1. The van der Waals surface area contributed by atoms with Gasteiger partial charge < -0.3 is 10.1 Å². The van der Waals surface area contributed by atoms with Crippen LogP contribution in [-0.4, -0.2) is 30.0 Å². The SMILES string of the molecule is O=C(CCNc1ccccc1)OCC(=O)N(Cc1ccccc1)c1nc2c(s1)CCCC2. The minimum atomic E-state index is -0.403. The zero-order chi connectivity index (χ0) is 22.2. The number of aryl methyl sites for hydroxylation is 2. The highest BCUT2D eigenvalue weighted by molar-refractivity contribution is 7.15. The normalized spacial score (nSPS) is 12.6. The van der Waals surface area contributed by atoms with Crippen molar-refractivity contribution in [2.24, 2.45) is 0 Å². The van der Waals surface area contributed by atoms with E-state index in [-0.39, 0.29) is 18.9 Å². The number of benzene rings is 2. The third-order valence-corrected chi connectivity index (χ3v) is 6.52. The van der Waals surface area contributed by atoms with Crippen molar-refractivity contribution in [3.05, 3.63) is 76.8 Å². The predicted molar refractivity (Wildman–Crippen MR) is 127 cm³/mol. The summed E-state index contributed by atoms with van der Waals surface area (Å²) in [6, 6.07) is 19.5. The number of nitrogens with zero attached hydrogens (tertiary/aromatic N) is 2. The van der Waals surface area contributed by atoms with Gasteiger partial charge in [0.25, 0.3) is 5.91 Å². The van der Waals surface area contributed by atoms with E-state index < -0.39 is 5.97 Å². The topological polar surface area (TPSA) is 71.5 Å². The lowest BCUT2D eigenvalue weighted by Gasteiger charge is -2.20. The summed E-state index contributed by atoms with van der Waals surface area (Å²) in [6.45, 7) is 0.560. The Morgan fingerprint density at radius 2 is 1.72 bits per heavy atom. The largest absolute Gasteiger partial charge is 0.455 e. The number of para-hydroxylation sites is 1. The van der Waals surface area contributed by atoms with Crippen LogP contribution in [0.25, 0.3) is 0 Å². The Hall–Kier alpha value is -3.19. The number of carbonyl (C=O) groups is 2. The van der Waals surface area contributed by atoms with Crippen molar-refractivity contribution in [3.8, 4) is 0 Å². The van der Waals surface area contributed by atoms with E-state index >= 15 is 0 Å². The van der Waals surface area contributed by atoms with Crippen LogP contribution in [-0.2, 0) is 33.7 Å². The molecule has 0 bridgehead atoms. The lowest BCUT2D eigenvalue weighted by Crippen LogP contribution is -2.34. The minimum Gasteiger partial charge on any atom is -0.455 e. The number of anilines is 2. The van der Waals surface area contributed by atoms with E-state index in [9.17, 15) is 9.59 Å². The maximum absolute atomic E-state index is 13.1. The number of amides is 1. The van der Waals surface area contributed by atoms with Crippen LogP contribution in [0.4, 0.5) is 10.8 Å². The molecule has 166 valence electrons. The van der Waals surface area contributed by atoms with Crippen LogP contribution in [0.5, 0.6) is 0 Å². The van der Waals surface area contributed by atoms with Gasteiger partial charge in [0.1, 0.15) is 0 Å². The molecule has 0 radical (unpaired) electrons. The molecular weight excluding hydrogens is 422 g/mol. The number of rotatable bonds is 9. The smallest absolute Gasteiger partial charge is 0.308 e. The molecule has 0 spiro atoms. The van der Waals surface area contributed by atoms with Crippen LogP contribution in [0.15, 0.2) is 60.7 Å². The van der Waals surface area contributed by atoms with Gasteiger partial charge in [-0.2, -0.15) is 0 Å². The molecular formula is C25H27N3O3S. The number of carbonyl (C=O) groups excluding carboxylic acids is 2. The minimum absolute atomic E-state index is 0.187. The van der Waals surface area contributed by atoms with Gasteiger partial charge in [-0.25, -0.2) is 4.98 Å². The summed E-state index contributed by atoms with van der Waals surface area (Å²) >= 11 is 1.58. The predicted octanol–water partition coefficient (Wildman–Crippen LogP) is 4.60. The molecule has 0 saturated heterocycles. The van der Waals surface area contributed by atoms with Crippen LogP contribution in [0.2, 0.25) is 0 Å². The number of fused-ring (bicyclic) bond motifs is 1. The summed E-state index contributed by atoms with van der Waals surface area (Å²) in [5.74, 6) is -0.663. The van der Waals surface area contributed by atoms with E-state index in [2.05, 4.69) is 5.32 Å². The molecule has 7 heteroatoms. The fourth-order valence-corrected chi connectivity index (χ4v) is 4.80. The van der Waals surface area contributed by atoms with Crippen molar-refractivity contribution >= 4 is 34.0 Å². The summed E-state index contributed by atoms with van der Waals surface area (Å²) in [5, 5.41) is 3.86. The van der Waals surface area contributed by atoms with E-state index in [1.54, 1.807) is 16.2 Å². The highest BCUT2D eigenvalue weighted by atomic mass is 32.1. The Kier molecular flexibility index (Phi) is 7.51. The summed E-state index contributed by atoms with van der Waals surface area (Å²) < 4.78 is 5.29. The lowest BCUT2D eigenvalue weighted by molar-refractivity contribution is -0.147. The second-order valence-electron chi connectivity index (χ2n) is 7.74. The van der Waals surface area contributed by atoms with Gasteiger partial charge in [-0.05, 0) is 43.4 Å². The molecule has 1 amide bonds. The third-order valence-electron chi connectivity index (χ3n) is 5.34. The van der Waals surface area contributed by atoms with Crippen molar-refractivity contribution < 1.29 is 14.3 Å². The monoisotopic (exact) mass is 449 g/mol. The molecule has 0 saturated carbocycles. The van der Waals surface area contributed by atoms with Crippen LogP contribution in [0, 0.1) is 0 Å². The standard InChI is InChI=1S/C25H27N3O3S/c29-23(18-31-24(30)15-16-26-20-11-5-2-6-12-20)28(17-19-9-3-1-4-10-19)25-27-21-13-7-8-14-22(21)32-25/h1-6,9-12,26H,7-8,13-18H2. The molecule has 6 nitrogen and oxygen atoms in total. The third kappa shape index (κ3) is 5.95. The van der Waals surface area contributed by atoms with Gasteiger partial charge >= 0.3 is 5.97 Å². The van der Waals surface area contributed by atoms with Gasteiger partial charge in [-0.15, -0.1) is 11.3 Å². The second kappa shape index (κ2) is 10.9. The van der Waals surface area contributed by atoms with Gasteiger partial charge in [0.15, 0.2) is 11.7 Å². The number of hydrogen-bond acceptors (Lipinski definition) is 6. The molecule has 0 fully saturated rings. The van der Waals surface area contributed by atoms with Crippen molar-refractivity contribution in [2.45, 2.75) is 38.6 Å². The quantitative estimate of drug-likeness (QED) is 0.484. The fourth-order valence-electron chi connectivity index (χ4n) is 3.64. The summed E-state index contributed by atoms with van der Waals surface area (Å²) in [6.07, 6.45) is 4.46. The number of aromatic nitrogens is 1. The molecule has 1 heterocycles. The molecule has 0 atom stereocenters. The van der Waals surface area contributed by atoms with Gasteiger partial charge in [0.05, 0.1) is 18.7 Å². The van der Waals surface area contributed by atoms with E-state index in [0.717, 1.165) is 42.6 Å². The van der Waals surface area contributed by atoms with E-state index in [0.29, 0.717) is 18.2 Å². The average molecular weight is 450 g/mol. The Balaban J connectivity index is 1.36. The number of hydrogen-bond donors (Lipinski definition) is 1. The molecule has 4 rings (SSSR count). The number of esters is 1. The molecule has 32 heavy (non-hydrogen) atoms. The lowest BCUT2D eigenvalue weighted by atomic mass is 10.0. The van der Waals surface area contributed by atoms with Crippen molar-refractivity contribution in [1.82, 2.24) is 4.98 Å². The Morgan fingerprint density at radius 3 is 2.47 bits per heavy atom. The van der Waals surface area contributed by atoms with Crippen LogP contribution in [0.3, 0.4) is 0 Å². The molecule has 2 aromatic carbocycles. The van der Waals surface area contributed by atoms with Gasteiger partial charge in [0, 0.05) is 17.1 Å². The van der Waals surface area contributed by atoms with Crippen molar-refractivity contribution in [2.75, 3.05) is 23.4 Å². The summed E-state index contributed by atoms with van der Waals surface area (Å²) in [5.41, 5.74) is 3.05. The highest BCUT2D eigenvalue weighted by Gasteiger charge is 2.24. The first kappa shape index (κ1) is 22.0. The number of nitrogens with one attached hydrogen (secondary N) is 1. The van der Waals surface area contributed by atoms with Gasteiger partial charge in [0.2, 0.25) is 0 Å². The zero-order valence-corrected chi connectivity index (χ0v) is 18.8. The molecule has 1 aromatic heterocycles. The number of ether oxygens (including phenoxy) is 1. The Labute approximate surface area is 192 Å². The first-order valence-corrected chi connectivity index (χ1v) is 11.8. The van der Waals surface area contributed by atoms with E-state index in [1.165, 1.54) is 4.88 Å². The highest BCUT2D eigenvalue weighted by Crippen LogP contribution is 2.32. The first-order valence-electron chi connectivity index (χ1n) is 11.0. The fraction of sp³-hybridized carbons (Fsp3) is 0.320. The molecule has 1 aliphatic rings. The van der Waals surface area contributed by atoms with Crippen LogP contribution < -0.4 is 10.2 Å². The molecule has 1 aliphatic carbocycles. The maximum Gasteiger partial charge on any atom is 0.308 e. The molecule has 1 N–H and O–H groups in total. The molecule has 0 aliphatic heterocycles.